The summed E-state index contributed by atoms with van der Waals surface area (Å²) in [5.41, 5.74) is 11.7. The summed E-state index contributed by atoms with van der Waals surface area (Å²) in [7, 11) is 2.90. The first-order valence-electron chi connectivity index (χ1n) is 10.3. The van der Waals surface area contributed by atoms with Crippen molar-refractivity contribution in [1.82, 2.24) is 5.32 Å². The van der Waals surface area contributed by atoms with Crippen LogP contribution in [0.4, 0.5) is 10.5 Å². The van der Waals surface area contributed by atoms with Crippen molar-refractivity contribution in [3.8, 4) is 11.5 Å². The molecule has 1 aromatic carbocycles. The van der Waals surface area contributed by atoms with Crippen LogP contribution in [-0.2, 0) is 9.59 Å². The van der Waals surface area contributed by atoms with Crippen molar-refractivity contribution in [2.75, 3.05) is 37.2 Å². The number of nitrogens with one attached hydrogen (secondary N) is 1. The lowest BCUT2D eigenvalue weighted by Gasteiger charge is -2.26. The number of ketones is 1. The highest BCUT2D eigenvalue weighted by Gasteiger charge is 2.29. The van der Waals surface area contributed by atoms with Crippen LogP contribution in [0.15, 0.2) is 18.2 Å². The fraction of sp³-hybridized carbons (Fsp3) is 0.571. The Balaban J connectivity index is 0.0000102. The molecule has 3 unspecified atom stereocenters. The molecule has 0 fully saturated rings. The van der Waals surface area contributed by atoms with Gasteiger partial charge in [-0.25, -0.2) is 4.79 Å². The standard InChI is InChI=1S/C21H34N4O6S.ClH/c1-5-15(24-20(28)19(27)14(22)9-10-32-6-2)17(26)12-25(21(23)29)16-8-7-13(30-3)11-18(16)31-4;/h7-8,11,14-15,19,27H,5-6,9-10,12,22H2,1-4H3,(H2,23,29)(H,24,28);1H. The zero-order valence-electron chi connectivity index (χ0n) is 19.4. The number of aliphatic hydroxyl groups excluding tert-OH is 1. The highest BCUT2D eigenvalue weighted by Crippen LogP contribution is 2.32. The van der Waals surface area contributed by atoms with Gasteiger partial charge in [-0.15, -0.1) is 12.4 Å². The molecule has 6 N–H and O–H groups in total. The largest absolute Gasteiger partial charge is 0.497 e. The Kier molecular flexibility index (Phi) is 14.6. The van der Waals surface area contributed by atoms with Crippen LogP contribution in [0.1, 0.15) is 26.7 Å². The number of aliphatic hydroxyl groups is 1. The molecule has 0 heterocycles. The summed E-state index contributed by atoms with van der Waals surface area (Å²) >= 11 is 1.66. The van der Waals surface area contributed by atoms with Gasteiger partial charge in [-0.3, -0.25) is 14.5 Å². The minimum atomic E-state index is -1.44. The second-order valence-electron chi connectivity index (χ2n) is 6.99. The Morgan fingerprint density at radius 2 is 1.88 bits per heavy atom. The first-order chi connectivity index (χ1) is 15.2. The maximum Gasteiger partial charge on any atom is 0.319 e. The molecule has 188 valence electrons. The van der Waals surface area contributed by atoms with Gasteiger partial charge in [-0.2, -0.15) is 11.8 Å². The summed E-state index contributed by atoms with van der Waals surface area (Å²) in [5.74, 6) is 1.24. The second-order valence-corrected chi connectivity index (χ2v) is 8.39. The minimum Gasteiger partial charge on any atom is -0.497 e. The maximum atomic E-state index is 12.9. The molecule has 3 atom stereocenters. The van der Waals surface area contributed by atoms with E-state index < -0.39 is 42.5 Å². The first kappa shape index (κ1) is 30.8. The number of thioether (sulfide) groups is 1. The van der Waals surface area contributed by atoms with Gasteiger partial charge in [0.1, 0.15) is 17.6 Å². The molecule has 1 aromatic rings. The van der Waals surface area contributed by atoms with Crippen LogP contribution in [0.2, 0.25) is 0 Å². The molecule has 1 rings (SSSR count). The molecule has 0 saturated carbocycles. The molecule has 0 bridgehead atoms. The third kappa shape index (κ3) is 9.28. The van der Waals surface area contributed by atoms with Gasteiger partial charge in [0.05, 0.1) is 32.5 Å². The monoisotopic (exact) mass is 506 g/mol. The Morgan fingerprint density at radius 3 is 2.39 bits per heavy atom. The van der Waals surface area contributed by atoms with E-state index in [9.17, 15) is 19.5 Å². The highest BCUT2D eigenvalue weighted by atomic mass is 35.5. The van der Waals surface area contributed by atoms with Crippen molar-refractivity contribution in [2.24, 2.45) is 11.5 Å². The highest BCUT2D eigenvalue weighted by molar-refractivity contribution is 7.99. The van der Waals surface area contributed by atoms with Crippen molar-refractivity contribution in [3.05, 3.63) is 18.2 Å². The van der Waals surface area contributed by atoms with E-state index in [0.29, 0.717) is 17.9 Å². The summed E-state index contributed by atoms with van der Waals surface area (Å²) in [6, 6.07) is 2.17. The number of methoxy groups -OCH3 is 2. The number of carbonyl (C=O) groups is 3. The fourth-order valence-electron chi connectivity index (χ4n) is 2.94. The van der Waals surface area contributed by atoms with Crippen LogP contribution >= 0.6 is 24.2 Å². The van der Waals surface area contributed by atoms with Gasteiger partial charge in [0.2, 0.25) is 0 Å². The molecule has 0 spiro atoms. The van der Waals surface area contributed by atoms with Gasteiger partial charge in [0.25, 0.3) is 5.91 Å². The topological polar surface area (TPSA) is 157 Å². The van der Waals surface area contributed by atoms with Crippen LogP contribution in [0, 0.1) is 0 Å². The van der Waals surface area contributed by atoms with E-state index in [0.717, 1.165) is 16.4 Å². The molecule has 0 aliphatic heterocycles. The lowest BCUT2D eigenvalue weighted by atomic mass is 10.1. The van der Waals surface area contributed by atoms with E-state index in [1.165, 1.54) is 14.2 Å². The van der Waals surface area contributed by atoms with E-state index in [1.54, 1.807) is 36.9 Å². The van der Waals surface area contributed by atoms with Gasteiger partial charge in [0, 0.05) is 12.1 Å². The summed E-state index contributed by atoms with van der Waals surface area (Å²) in [4.78, 5) is 38.4. The van der Waals surface area contributed by atoms with Crippen molar-refractivity contribution in [2.45, 2.75) is 44.9 Å². The molecule has 12 heteroatoms. The number of Topliss-reactive ketones (excluding diaryl/α,β-unsaturated/α-hetero) is 1. The van der Waals surface area contributed by atoms with Crippen LogP contribution in [-0.4, -0.2) is 73.3 Å². The van der Waals surface area contributed by atoms with Gasteiger partial charge in [-0.05, 0) is 36.5 Å². The van der Waals surface area contributed by atoms with E-state index in [-0.39, 0.29) is 24.5 Å². The van der Waals surface area contributed by atoms with Gasteiger partial charge in [-0.1, -0.05) is 13.8 Å². The van der Waals surface area contributed by atoms with Gasteiger partial charge in [0.15, 0.2) is 5.78 Å². The number of urea groups is 1. The summed E-state index contributed by atoms with van der Waals surface area (Å²) in [6.07, 6.45) is -0.724. The van der Waals surface area contributed by atoms with E-state index in [2.05, 4.69) is 5.32 Å². The number of anilines is 1. The summed E-state index contributed by atoms with van der Waals surface area (Å²) in [5, 5.41) is 12.7. The molecule has 0 aromatic heterocycles. The molecular weight excluding hydrogens is 472 g/mol. The Labute approximate surface area is 205 Å². The van der Waals surface area contributed by atoms with E-state index >= 15 is 0 Å². The predicted molar refractivity (Wildman–Crippen MR) is 133 cm³/mol. The minimum absolute atomic E-state index is 0. The number of hydrogen-bond acceptors (Lipinski definition) is 8. The molecule has 3 amide bonds. The predicted octanol–water partition coefficient (Wildman–Crippen LogP) is 1.31. The van der Waals surface area contributed by atoms with Crippen LogP contribution < -0.4 is 31.2 Å². The second kappa shape index (κ2) is 15.6. The molecule has 0 aliphatic rings. The number of benzene rings is 1. The lowest BCUT2D eigenvalue weighted by Crippen LogP contribution is -2.53. The molecule has 0 radical (unpaired) electrons. The number of primary amides is 1. The smallest absolute Gasteiger partial charge is 0.319 e. The van der Waals surface area contributed by atoms with E-state index in [1.807, 2.05) is 6.92 Å². The third-order valence-electron chi connectivity index (χ3n) is 4.84. The number of nitrogens with two attached hydrogens (primary N) is 2. The number of nitrogens with zero attached hydrogens (tertiary/aromatic N) is 1. The average molecular weight is 507 g/mol. The van der Waals surface area contributed by atoms with Crippen molar-refractivity contribution in [3.63, 3.8) is 0 Å². The fourth-order valence-corrected chi connectivity index (χ4v) is 3.67. The van der Waals surface area contributed by atoms with Crippen molar-refractivity contribution in [1.29, 1.82) is 0 Å². The Hall–Kier alpha value is -2.21. The number of carbonyl (C=O) groups excluding carboxylic acids is 3. The normalized spacial score (nSPS) is 13.2. The molecule has 0 saturated heterocycles. The Morgan fingerprint density at radius 1 is 1.21 bits per heavy atom. The summed E-state index contributed by atoms with van der Waals surface area (Å²) < 4.78 is 10.4. The van der Waals surface area contributed by atoms with Gasteiger partial charge < -0.3 is 31.4 Å². The maximum absolute atomic E-state index is 12.9. The zero-order valence-corrected chi connectivity index (χ0v) is 21.0. The number of hydrogen-bond donors (Lipinski definition) is 4. The number of amides is 3. The average Bonchev–Trinajstić information content (AvgIpc) is 2.79. The molecule has 33 heavy (non-hydrogen) atoms. The summed E-state index contributed by atoms with van der Waals surface area (Å²) in [6.45, 7) is 3.31. The van der Waals surface area contributed by atoms with Gasteiger partial charge >= 0.3 is 6.03 Å². The number of ether oxygens (including phenoxy) is 2. The van der Waals surface area contributed by atoms with Crippen LogP contribution in [0.5, 0.6) is 11.5 Å². The number of halogens is 1. The quantitative estimate of drug-likeness (QED) is 0.275. The SMILES string of the molecule is CCSCCC(N)C(O)C(=O)NC(CC)C(=O)CN(C(N)=O)c1ccc(OC)cc1OC.Cl. The molecule has 10 nitrogen and oxygen atoms in total. The zero-order chi connectivity index (χ0) is 24.3. The van der Waals surface area contributed by atoms with Crippen LogP contribution in [0.3, 0.4) is 0 Å². The van der Waals surface area contributed by atoms with E-state index in [4.69, 9.17) is 20.9 Å². The number of rotatable bonds is 14. The Bertz CT molecular complexity index is 785. The molecule has 0 aliphatic carbocycles. The lowest BCUT2D eigenvalue weighted by molar-refractivity contribution is -0.134. The molecular formula is C21H35ClN4O6S. The third-order valence-corrected chi connectivity index (χ3v) is 5.78. The van der Waals surface area contributed by atoms with Crippen molar-refractivity contribution >= 4 is 47.6 Å². The van der Waals surface area contributed by atoms with Crippen molar-refractivity contribution < 1.29 is 29.0 Å². The first-order valence-corrected chi connectivity index (χ1v) is 11.5. The van der Waals surface area contributed by atoms with Crippen LogP contribution in [0.25, 0.3) is 0 Å².